The largest absolute Gasteiger partial charge is 0.335 e. The number of rotatable bonds is 8. The number of nitro benzene ring substituents is 1. The van der Waals surface area contributed by atoms with Gasteiger partial charge in [0.25, 0.3) is 5.69 Å². The van der Waals surface area contributed by atoms with E-state index < -0.39 is 14.8 Å². The Morgan fingerprint density at radius 3 is 2.54 bits per heavy atom. The van der Waals surface area contributed by atoms with Gasteiger partial charge < -0.3 is 4.90 Å². The molecule has 1 aromatic rings. The van der Waals surface area contributed by atoms with Crippen LogP contribution in [0.2, 0.25) is 0 Å². The van der Waals surface area contributed by atoms with Crippen LogP contribution in [0.4, 0.5) is 5.69 Å². The standard InChI is InChI=1S/C17H24N2O5S2/c1-3-13(2)18(16-8-9-26(23,24)12-16)17(20)11-25-10-14-4-6-15(7-5-14)19(21)22/h4-7,13,16H,3,8-12H2,1-2H3/t13-,16+/m1/s1. The van der Waals surface area contributed by atoms with E-state index in [9.17, 15) is 23.3 Å². The lowest BCUT2D eigenvalue weighted by molar-refractivity contribution is -0.384. The third kappa shape index (κ3) is 5.44. The topological polar surface area (TPSA) is 97.6 Å². The number of hydrogen-bond donors (Lipinski definition) is 0. The van der Waals surface area contributed by atoms with Gasteiger partial charge in [0.05, 0.1) is 22.2 Å². The fourth-order valence-electron chi connectivity index (χ4n) is 3.05. The lowest BCUT2D eigenvalue weighted by atomic mass is 10.1. The predicted molar refractivity (Wildman–Crippen MR) is 103 cm³/mol. The van der Waals surface area contributed by atoms with E-state index in [0.717, 1.165) is 12.0 Å². The highest BCUT2D eigenvalue weighted by molar-refractivity contribution is 7.99. The number of hydrogen-bond acceptors (Lipinski definition) is 6. The Morgan fingerprint density at radius 2 is 2.04 bits per heavy atom. The van der Waals surface area contributed by atoms with E-state index in [-0.39, 0.29) is 40.9 Å². The fraction of sp³-hybridized carbons (Fsp3) is 0.588. The van der Waals surface area contributed by atoms with Crippen LogP contribution < -0.4 is 0 Å². The van der Waals surface area contributed by atoms with Gasteiger partial charge in [0.2, 0.25) is 5.91 Å². The van der Waals surface area contributed by atoms with Crippen LogP contribution in [0.5, 0.6) is 0 Å². The molecule has 0 radical (unpaired) electrons. The minimum atomic E-state index is -3.05. The van der Waals surface area contributed by atoms with Crippen LogP contribution >= 0.6 is 11.8 Å². The zero-order valence-corrected chi connectivity index (χ0v) is 16.6. The number of nitro groups is 1. The average Bonchev–Trinajstić information content (AvgIpc) is 2.94. The molecule has 1 amide bonds. The normalized spacial score (nSPS) is 19.8. The van der Waals surface area contributed by atoms with Crippen LogP contribution in [0.25, 0.3) is 0 Å². The SMILES string of the molecule is CC[C@@H](C)N(C(=O)CSCc1ccc([N+](=O)[O-])cc1)[C@H]1CCS(=O)(=O)C1. The van der Waals surface area contributed by atoms with Gasteiger partial charge >= 0.3 is 0 Å². The second-order valence-corrected chi connectivity index (χ2v) is 9.75. The van der Waals surface area contributed by atoms with Gasteiger partial charge in [-0.15, -0.1) is 11.8 Å². The van der Waals surface area contributed by atoms with Crippen molar-refractivity contribution in [3.63, 3.8) is 0 Å². The molecule has 0 saturated carbocycles. The lowest BCUT2D eigenvalue weighted by Gasteiger charge is -2.33. The molecule has 1 saturated heterocycles. The first-order valence-corrected chi connectivity index (χ1v) is 11.5. The molecule has 0 aliphatic carbocycles. The van der Waals surface area contributed by atoms with Crippen LogP contribution in [0.3, 0.4) is 0 Å². The Morgan fingerprint density at radius 1 is 1.38 bits per heavy atom. The second-order valence-electron chi connectivity index (χ2n) is 6.53. The first-order chi connectivity index (χ1) is 12.2. The summed E-state index contributed by atoms with van der Waals surface area (Å²) in [5.74, 6) is 0.983. The maximum absolute atomic E-state index is 12.7. The van der Waals surface area contributed by atoms with Gasteiger partial charge in [-0.1, -0.05) is 19.1 Å². The highest BCUT2D eigenvalue weighted by Gasteiger charge is 2.36. The first-order valence-electron chi connectivity index (χ1n) is 8.56. The number of amides is 1. The van der Waals surface area contributed by atoms with E-state index >= 15 is 0 Å². The molecule has 0 unspecified atom stereocenters. The van der Waals surface area contributed by atoms with Gasteiger partial charge in [-0.05, 0) is 25.3 Å². The van der Waals surface area contributed by atoms with E-state index in [2.05, 4.69) is 0 Å². The van der Waals surface area contributed by atoms with Crippen molar-refractivity contribution in [3.05, 3.63) is 39.9 Å². The molecule has 7 nitrogen and oxygen atoms in total. The molecule has 2 atom stereocenters. The summed E-state index contributed by atoms with van der Waals surface area (Å²) in [6.07, 6.45) is 1.28. The first kappa shape index (κ1) is 20.7. The zero-order chi connectivity index (χ0) is 19.3. The van der Waals surface area contributed by atoms with Crippen LogP contribution in [0.15, 0.2) is 24.3 Å². The van der Waals surface area contributed by atoms with Gasteiger partial charge in [-0.25, -0.2) is 8.42 Å². The average molecular weight is 401 g/mol. The number of nitrogens with zero attached hydrogens (tertiary/aromatic N) is 2. The molecule has 1 heterocycles. The van der Waals surface area contributed by atoms with E-state index in [0.29, 0.717) is 12.2 Å². The van der Waals surface area contributed by atoms with Crippen LogP contribution in [0, 0.1) is 10.1 Å². The highest BCUT2D eigenvalue weighted by atomic mass is 32.2. The van der Waals surface area contributed by atoms with Gasteiger partial charge in [0.15, 0.2) is 9.84 Å². The number of carbonyl (C=O) groups is 1. The minimum absolute atomic E-state index is 0.000717. The van der Waals surface area contributed by atoms with Crippen LogP contribution in [-0.2, 0) is 20.4 Å². The van der Waals surface area contributed by atoms with Crippen molar-refractivity contribution in [1.82, 2.24) is 4.90 Å². The Kier molecular flexibility index (Phi) is 7.05. The molecule has 0 bridgehead atoms. The maximum Gasteiger partial charge on any atom is 0.269 e. The van der Waals surface area contributed by atoms with E-state index in [4.69, 9.17) is 0 Å². The predicted octanol–water partition coefficient (Wildman–Crippen LogP) is 2.64. The summed E-state index contributed by atoms with van der Waals surface area (Å²) in [5, 5.41) is 10.7. The molecule has 0 N–H and O–H groups in total. The Hall–Kier alpha value is -1.61. The third-order valence-electron chi connectivity index (χ3n) is 4.60. The van der Waals surface area contributed by atoms with Crippen LogP contribution in [0.1, 0.15) is 32.3 Å². The minimum Gasteiger partial charge on any atom is -0.335 e. The van der Waals surface area contributed by atoms with E-state index in [1.165, 1.54) is 23.9 Å². The molecular weight excluding hydrogens is 376 g/mol. The number of benzene rings is 1. The van der Waals surface area contributed by atoms with Crippen molar-refractivity contribution in [1.29, 1.82) is 0 Å². The Bertz CT molecular complexity index is 749. The molecule has 26 heavy (non-hydrogen) atoms. The fourth-order valence-corrected chi connectivity index (χ4v) is 5.61. The van der Waals surface area contributed by atoms with Gasteiger partial charge in [-0.2, -0.15) is 0 Å². The Labute approximate surface area is 158 Å². The second kappa shape index (κ2) is 8.85. The monoisotopic (exact) mass is 400 g/mol. The lowest BCUT2D eigenvalue weighted by Crippen LogP contribution is -2.47. The summed E-state index contributed by atoms with van der Waals surface area (Å²) in [6, 6.07) is 6.04. The summed E-state index contributed by atoms with van der Waals surface area (Å²) in [7, 11) is -3.05. The van der Waals surface area contributed by atoms with Gasteiger partial charge in [0.1, 0.15) is 0 Å². The zero-order valence-electron chi connectivity index (χ0n) is 15.0. The van der Waals surface area contributed by atoms with Crippen molar-refractivity contribution in [3.8, 4) is 0 Å². The summed E-state index contributed by atoms with van der Waals surface area (Å²) in [4.78, 5) is 24.7. The van der Waals surface area contributed by atoms with Crippen molar-refractivity contribution in [2.75, 3.05) is 17.3 Å². The van der Waals surface area contributed by atoms with Crippen LogP contribution in [-0.4, -0.2) is 53.5 Å². The summed E-state index contributed by atoms with van der Waals surface area (Å²) in [5.41, 5.74) is 0.951. The molecule has 0 aromatic heterocycles. The number of thioether (sulfide) groups is 1. The third-order valence-corrected chi connectivity index (χ3v) is 7.34. The molecular formula is C17H24N2O5S2. The summed E-state index contributed by atoms with van der Waals surface area (Å²) < 4.78 is 23.5. The quantitative estimate of drug-likeness (QED) is 0.491. The van der Waals surface area contributed by atoms with Crippen molar-refractivity contribution in [2.45, 2.75) is 44.5 Å². The number of carbonyl (C=O) groups excluding carboxylic acids is 1. The maximum atomic E-state index is 12.7. The highest BCUT2D eigenvalue weighted by Crippen LogP contribution is 2.23. The number of non-ortho nitro benzene ring substituents is 1. The van der Waals surface area contributed by atoms with Crippen molar-refractivity contribution >= 4 is 33.2 Å². The van der Waals surface area contributed by atoms with Gasteiger partial charge in [-0.3, -0.25) is 14.9 Å². The molecule has 1 fully saturated rings. The summed E-state index contributed by atoms with van der Waals surface area (Å²) >= 11 is 1.43. The smallest absolute Gasteiger partial charge is 0.269 e. The van der Waals surface area contributed by atoms with Crippen molar-refractivity contribution in [2.24, 2.45) is 0 Å². The number of sulfone groups is 1. The van der Waals surface area contributed by atoms with E-state index in [1.807, 2.05) is 13.8 Å². The molecule has 0 spiro atoms. The molecule has 1 aliphatic rings. The Balaban J connectivity index is 1.93. The molecule has 1 aliphatic heterocycles. The van der Waals surface area contributed by atoms with E-state index in [1.54, 1.807) is 17.0 Å². The van der Waals surface area contributed by atoms with Crippen molar-refractivity contribution < 1.29 is 18.1 Å². The molecule has 1 aromatic carbocycles. The molecule has 144 valence electrons. The molecule has 2 rings (SSSR count). The molecule has 9 heteroatoms. The van der Waals surface area contributed by atoms with Gasteiger partial charge in [0, 0.05) is 30.0 Å². The summed E-state index contributed by atoms with van der Waals surface area (Å²) in [6.45, 7) is 3.93.